The van der Waals surface area contributed by atoms with Crippen molar-refractivity contribution in [3.8, 4) is 0 Å². The molecule has 1 spiro atoms. The molecule has 3 heteroatoms. The summed E-state index contributed by atoms with van der Waals surface area (Å²) in [6.07, 6.45) is 3.73. The van der Waals surface area contributed by atoms with Crippen LogP contribution < -0.4 is 0 Å². The van der Waals surface area contributed by atoms with Crippen LogP contribution >= 0.6 is 0 Å². The first-order valence-electron chi connectivity index (χ1n) is 5.10. The number of nitrogens with zero attached hydrogens (tertiary/aromatic N) is 1. The van der Waals surface area contributed by atoms with Gasteiger partial charge in [-0.15, -0.1) is 0 Å². The van der Waals surface area contributed by atoms with Crippen LogP contribution in [0.5, 0.6) is 0 Å². The molecule has 0 aromatic carbocycles. The van der Waals surface area contributed by atoms with Gasteiger partial charge in [0, 0.05) is 12.8 Å². The van der Waals surface area contributed by atoms with E-state index >= 15 is 0 Å². The first-order valence-corrected chi connectivity index (χ1v) is 5.10. The van der Waals surface area contributed by atoms with Crippen molar-refractivity contribution in [2.75, 3.05) is 13.2 Å². The van der Waals surface area contributed by atoms with Crippen LogP contribution in [0.1, 0.15) is 32.6 Å². The van der Waals surface area contributed by atoms with Gasteiger partial charge in [0.1, 0.15) is 0 Å². The molecule has 1 heterocycles. The Morgan fingerprint density at radius 3 is 2.36 bits per heavy atom. The molecule has 2 rings (SSSR count). The summed E-state index contributed by atoms with van der Waals surface area (Å²) in [5.74, 6) is -0.300. The van der Waals surface area contributed by atoms with Gasteiger partial charge in [-0.2, -0.15) is 0 Å². The van der Waals surface area contributed by atoms with E-state index in [1.165, 1.54) is 5.57 Å². The molecule has 2 fully saturated rings. The van der Waals surface area contributed by atoms with Crippen molar-refractivity contribution < 1.29 is 9.47 Å². The summed E-state index contributed by atoms with van der Waals surface area (Å²) >= 11 is 0. The van der Waals surface area contributed by atoms with Gasteiger partial charge in [-0.05, 0) is 19.8 Å². The molecule has 1 saturated carbocycles. The molecule has 0 N–H and O–H groups in total. The zero-order valence-electron chi connectivity index (χ0n) is 8.51. The van der Waals surface area contributed by atoms with Crippen LogP contribution in [0.25, 0.3) is 4.85 Å². The summed E-state index contributed by atoms with van der Waals surface area (Å²) in [6.45, 7) is 10.3. The predicted molar refractivity (Wildman–Crippen MR) is 52.4 cm³/mol. The smallest absolute Gasteiger partial charge is 0.169 e. The average molecular weight is 193 g/mol. The Kier molecular flexibility index (Phi) is 2.58. The van der Waals surface area contributed by atoms with Crippen molar-refractivity contribution in [3.05, 3.63) is 22.7 Å². The SMILES string of the molecule is [C-]#[N+]C(C)=C1CCC2(CC1)OCCO2. The van der Waals surface area contributed by atoms with Crippen LogP contribution in [0.4, 0.5) is 0 Å². The standard InChI is InChI=1S/C11H15NO2/c1-9(12-2)10-3-5-11(6-4-10)13-7-8-14-11/h3-8H2,1H3. The highest BCUT2D eigenvalue weighted by Gasteiger charge is 2.38. The molecule has 76 valence electrons. The lowest BCUT2D eigenvalue weighted by Crippen LogP contribution is -2.33. The first-order chi connectivity index (χ1) is 6.76. The van der Waals surface area contributed by atoms with E-state index in [1.54, 1.807) is 0 Å². The Labute approximate surface area is 84.5 Å². The molecule has 0 aromatic rings. The topological polar surface area (TPSA) is 22.8 Å². The van der Waals surface area contributed by atoms with Crippen LogP contribution in [0.2, 0.25) is 0 Å². The van der Waals surface area contributed by atoms with Gasteiger partial charge in [0.15, 0.2) is 11.5 Å². The van der Waals surface area contributed by atoms with Crippen LogP contribution in [-0.4, -0.2) is 19.0 Å². The van der Waals surface area contributed by atoms with E-state index in [1.807, 2.05) is 6.92 Å². The molecular weight excluding hydrogens is 178 g/mol. The Hall–Kier alpha value is -0.850. The molecule has 0 atom stereocenters. The van der Waals surface area contributed by atoms with Gasteiger partial charge in [-0.3, -0.25) is 0 Å². The number of ether oxygens (including phenoxy) is 2. The molecule has 3 nitrogen and oxygen atoms in total. The third-order valence-electron chi connectivity index (χ3n) is 3.11. The first kappa shape index (κ1) is 9.70. The summed E-state index contributed by atoms with van der Waals surface area (Å²) in [5.41, 5.74) is 2.14. The summed E-state index contributed by atoms with van der Waals surface area (Å²) in [5, 5.41) is 0. The van der Waals surface area contributed by atoms with E-state index in [-0.39, 0.29) is 5.79 Å². The molecule has 1 aliphatic heterocycles. The van der Waals surface area contributed by atoms with Crippen molar-refractivity contribution in [1.82, 2.24) is 0 Å². The monoisotopic (exact) mass is 193 g/mol. The number of hydrogen-bond acceptors (Lipinski definition) is 2. The second-order valence-electron chi connectivity index (χ2n) is 3.91. The van der Waals surface area contributed by atoms with Gasteiger partial charge in [0.05, 0.1) is 19.8 Å². The second-order valence-corrected chi connectivity index (χ2v) is 3.91. The second kappa shape index (κ2) is 3.72. The molecule has 0 amide bonds. The molecule has 0 unspecified atom stereocenters. The summed E-state index contributed by atoms with van der Waals surface area (Å²) in [6, 6.07) is 0. The fourth-order valence-corrected chi connectivity index (χ4v) is 2.16. The Bertz CT molecular complexity index is 283. The summed E-state index contributed by atoms with van der Waals surface area (Å²) < 4.78 is 11.2. The lowest BCUT2D eigenvalue weighted by Gasteiger charge is -2.32. The molecule has 0 bridgehead atoms. The van der Waals surface area contributed by atoms with Crippen molar-refractivity contribution in [2.24, 2.45) is 0 Å². The van der Waals surface area contributed by atoms with Gasteiger partial charge in [-0.25, -0.2) is 4.85 Å². The maximum absolute atomic E-state index is 6.95. The third-order valence-corrected chi connectivity index (χ3v) is 3.11. The highest BCUT2D eigenvalue weighted by Crippen LogP contribution is 2.38. The summed E-state index contributed by atoms with van der Waals surface area (Å²) in [4.78, 5) is 3.48. The number of allylic oxidation sites excluding steroid dienone is 2. The van der Waals surface area contributed by atoms with E-state index in [0.29, 0.717) is 0 Å². The van der Waals surface area contributed by atoms with Crippen molar-refractivity contribution in [1.29, 1.82) is 0 Å². The van der Waals surface area contributed by atoms with E-state index in [9.17, 15) is 0 Å². The Morgan fingerprint density at radius 1 is 1.29 bits per heavy atom. The predicted octanol–water partition coefficient (Wildman–Crippen LogP) is 2.50. The number of rotatable bonds is 0. The maximum atomic E-state index is 6.95. The zero-order chi connectivity index (χ0) is 10.0. The molecule has 1 saturated heterocycles. The maximum Gasteiger partial charge on any atom is 0.169 e. The van der Waals surface area contributed by atoms with Gasteiger partial charge in [0.2, 0.25) is 0 Å². The van der Waals surface area contributed by atoms with Crippen molar-refractivity contribution in [2.45, 2.75) is 38.4 Å². The van der Waals surface area contributed by atoms with Crippen LogP contribution in [0, 0.1) is 6.57 Å². The average Bonchev–Trinajstić information content (AvgIpc) is 2.67. The van der Waals surface area contributed by atoms with Gasteiger partial charge in [0.25, 0.3) is 0 Å². The molecular formula is C11H15NO2. The minimum absolute atomic E-state index is 0.300. The molecule has 14 heavy (non-hydrogen) atoms. The third kappa shape index (κ3) is 1.68. The van der Waals surface area contributed by atoms with Crippen molar-refractivity contribution in [3.63, 3.8) is 0 Å². The van der Waals surface area contributed by atoms with Gasteiger partial charge >= 0.3 is 0 Å². The highest BCUT2D eigenvalue weighted by atomic mass is 16.7. The van der Waals surface area contributed by atoms with Gasteiger partial charge in [-0.1, -0.05) is 5.57 Å². The lowest BCUT2D eigenvalue weighted by atomic mass is 9.89. The van der Waals surface area contributed by atoms with E-state index in [4.69, 9.17) is 16.0 Å². The van der Waals surface area contributed by atoms with Crippen LogP contribution in [0.15, 0.2) is 11.3 Å². The number of hydrogen-bond donors (Lipinski definition) is 0. The zero-order valence-corrected chi connectivity index (χ0v) is 8.51. The van der Waals surface area contributed by atoms with Crippen molar-refractivity contribution >= 4 is 0 Å². The molecule has 0 aromatic heterocycles. The Balaban J connectivity index is 2.02. The van der Waals surface area contributed by atoms with Crippen LogP contribution in [-0.2, 0) is 9.47 Å². The quantitative estimate of drug-likeness (QED) is 0.552. The molecule has 0 radical (unpaired) electrons. The lowest BCUT2D eigenvalue weighted by molar-refractivity contribution is -0.171. The highest BCUT2D eigenvalue weighted by molar-refractivity contribution is 5.20. The molecule has 1 aliphatic carbocycles. The van der Waals surface area contributed by atoms with E-state index in [0.717, 1.165) is 44.6 Å². The van der Waals surface area contributed by atoms with Gasteiger partial charge < -0.3 is 9.47 Å². The summed E-state index contributed by atoms with van der Waals surface area (Å²) in [7, 11) is 0. The largest absolute Gasteiger partial charge is 0.348 e. The molecule has 2 aliphatic rings. The fourth-order valence-electron chi connectivity index (χ4n) is 2.16. The van der Waals surface area contributed by atoms with E-state index in [2.05, 4.69) is 4.85 Å². The van der Waals surface area contributed by atoms with E-state index < -0.39 is 0 Å². The minimum atomic E-state index is -0.300. The van der Waals surface area contributed by atoms with Crippen LogP contribution in [0.3, 0.4) is 0 Å². The minimum Gasteiger partial charge on any atom is -0.348 e. The normalized spacial score (nSPS) is 25.0. The fraction of sp³-hybridized carbons (Fsp3) is 0.727. The Morgan fingerprint density at radius 2 is 1.86 bits per heavy atom.